The first-order valence-electron chi connectivity index (χ1n) is 5.64. The Morgan fingerprint density at radius 1 is 1.24 bits per heavy atom. The van der Waals surface area contributed by atoms with E-state index < -0.39 is 11.2 Å². The Balaban J connectivity index is 1.98. The Kier molecular flexibility index (Phi) is 2.32. The molecule has 0 spiro atoms. The van der Waals surface area contributed by atoms with E-state index in [-0.39, 0.29) is 0 Å². The van der Waals surface area contributed by atoms with Crippen molar-refractivity contribution in [2.24, 2.45) is 5.92 Å². The maximum absolute atomic E-state index is 11.5. The molecule has 2 aromatic rings. The topological polar surface area (TPSA) is 106 Å². The SMILES string of the molecule is O=c1[nH]c(=O)c2[nH]c(CC3CCNC3)nc2[nH]1. The second-order valence-electron chi connectivity index (χ2n) is 4.38. The van der Waals surface area contributed by atoms with E-state index in [4.69, 9.17) is 0 Å². The van der Waals surface area contributed by atoms with E-state index in [2.05, 4.69) is 25.3 Å². The summed E-state index contributed by atoms with van der Waals surface area (Å²) >= 11 is 0. The van der Waals surface area contributed by atoms with Crippen LogP contribution in [0.15, 0.2) is 9.59 Å². The van der Waals surface area contributed by atoms with Crippen LogP contribution in [0.4, 0.5) is 0 Å². The molecule has 0 amide bonds. The predicted octanol–water partition coefficient (Wildman–Crippen LogP) is -0.908. The molecule has 0 aromatic carbocycles. The van der Waals surface area contributed by atoms with Crippen LogP contribution in [-0.4, -0.2) is 33.0 Å². The predicted molar refractivity (Wildman–Crippen MR) is 62.0 cm³/mol. The molecular formula is C10H13N5O2. The van der Waals surface area contributed by atoms with Crippen molar-refractivity contribution in [3.63, 3.8) is 0 Å². The standard InChI is InChI=1S/C10H13N5O2/c16-9-7-8(14-10(17)15-9)13-6(12-7)3-5-1-2-11-4-5/h5,11H,1-4H2,(H3,12,13,14,15,16,17). The second-order valence-corrected chi connectivity index (χ2v) is 4.38. The van der Waals surface area contributed by atoms with Crippen LogP contribution in [0.3, 0.4) is 0 Å². The lowest BCUT2D eigenvalue weighted by Crippen LogP contribution is -2.21. The lowest BCUT2D eigenvalue weighted by Gasteiger charge is -2.03. The Hall–Kier alpha value is -1.89. The van der Waals surface area contributed by atoms with Crippen LogP contribution in [0.1, 0.15) is 12.2 Å². The van der Waals surface area contributed by atoms with Gasteiger partial charge in [0.15, 0.2) is 5.65 Å². The molecule has 1 aliphatic heterocycles. The number of hydrogen-bond acceptors (Lipinski definition) is 4. The number of H-pyrrole nitrogens is 3. The molecular weight excluding hydrogens is 222 g/mol. The highest BCUT2D eigenvalue weighted by Crippen LogP contribution is 2.13. The Bertz CT molecular complexity index is 646. The smallest absolute Gasteiger partial charge is 0.327 e. The van der Waals surface area contributed by atoms with Gasteiger partial charge in [0.25, 0.3) is 5.56 Å². The van der Waals surface area contributed by atoms with Crippen LogP contribution in [-0.2, 0) is 6.42 Å². The second kappa shape index (κ2) is 3.85. The van der Waals surface area contributed by atoms with E-state index in [9.17, 15) is 9.59 Å². The van der Waals surface area contributed by atoms with Crippen LogP contribution in [0, 0.1) is 5.92 Å². The number of nitrogens with zero attached hydrogens (tertiary/aromatic N) is 1. The van der Waals surface area contributed by atoms with Gasteiger partial charge in [0.1, 0.15) is 11.3 Å². The number of imidazole rings is 1. The highest BCUT2D eigenvalue weighted by atomic mass is 16.2. The number of aromatic nitrogens is 4. The molecule has 90 valence electrons. The fourth-order valence-corrected chi connectivity index (χ4v) is 2.24. The van der Waals surface area contributed by atoms with Gasteiger partial charge in [-0.15, -0.1) is 0 Å². The zero-order chi connectivity index (χ0) is 11.8. The summed E-state index contributed by atoms with van der Waals surface area (Å²) in [5.74, 6) is 1.29. The van der Waals surface area contributed by atoms with Crippen LogP contribution < -0.4 is 16.6 Å². The monoisotopic (exact) mass is 235 g/mol. The average molecular weight is 235 g/mol. The molecule has 0 aliphatic carbocycles. The molecule has 7 heteroatoms. The van der Waals surface area contributed by atoms with Gasteiger partial charge in [0.05, 0.1) is 0 Å². The summed E-state index contributed by atoms with van der Waals surface area (Å²) in [4.78, 5) is 34.5. The van der Waals surface area contributed by atoms with E-state index in [1.807, 2.05) is 0 Å². The number of hydrogen-bond donors (Lipinski definition) is 4. The fraction of sp³-hybridized carbons (Fsp3) is 0.500. The van der Waals surface area contributed by atoms with Crippen molar-refractivity contribution in [1.82, 2.24) is 25.3 Å². The minimum absolute atomic E-state index is 0.333. The van der Waals surface area contributed by atoms with Gasteiger partial charge in [-0.3, -0.25) is 14.8 Å². The molecule has 0 bridgehead atoms. The van der Waals surface area contributed by atoms with Gasteiger partial charge in [-0.1, -0.05) is 0 Å². The zero-order valence-electron chi connectivity index (χ0n) is 9.17. The van der Waals surface area contributed by atoms with Gasteiger partial charge in [-0.2, -0.15) is 0 Å². The minimum Gasteiger partial charge on any atom is -0.336 e. The van der Waals surface area contributed by atoms with Crippen molar-refractivity contribution < 1.29 is 0 Å². The van der Waals surface area contributed by atoms with Gasteiger partial charge in [-0.05, 0) is 25.4 Å². The molecule has 1 saturated heterocycles. The first-order valence-corrected chi connectivity index (χ1v) is 5.64. The Labute approximate surface area is 95.7 Å². The van der Waals surface area contributed by atoms with Crippen LogP contribution in [0.25, 0.3) is 11.2 Å². The third-order valence-electron chi connectivity index (χ3n) is 3.08. The summed E-state index contributed by atoms with van der Waals surface area (Å²) < 4.78 is 0. The van der Waals surface area contributed by atoms with Crippen LogP contribution in [0.2, 0.25) is 0 Å². The highest BCUT2D eigenvalue weighted by Gasteiger charge is 2.17. The summed E-state index contributed by atoms with van der Waals surface area (Å²) in [6.07, 6.45) is 1.91. The van der Waals surface area contributed by atoms with E-state index >= 15 is 0 Å². The van der Waals surface area contributed by atoms with Crippen molar-refractivity contribution >= 4 is 11.2 Å². The van der Waals surface area contributed by atoms with Crippen molar-refractivity contribution in [2.75, 3.05) is 13.1 Å². The Morgan fingerprint density at radius 3 is 2.88 bits per heavy atom. The van der Waals surface area contributed by atoms with E-state index in [0.717, 1.165) is 31.8 Å². The molecule has 7 nitrogen and oxygen atoms in total. The van der Waals surface area contributed by atoms with E-state index in [1.165, 1.54) is 0 Å². The molecule has 2 aromatic heterocycles. The molecule has 0 saturated carbocycles. The third-order valence-corrected chi connectivity index (χ3v) is 3.08. The molecule has 1 aliphatic rings. The van der Waals surface area contributed by atoms with Gasteiger partial charge in [0.2, 0.25) is 0 Å². The number of fused-ring (bicyclic) bond motifs is 1. The van der Waals surface area contributed by atoms with E-state index in [0.29, 0.717) is 17.1 Å². The zero-order valence-corrected chi connectivity index (χ0v) is 9.17. The summed E-state index contributed by atoms with van der Waals surface area (Å²) in [7, 11) is 0. The summed E-state index contributed by atoms with van der Waals surface area (Å²) in [6.45, 7) is 2.01. The molecule has 17 heavy (non-hydrogen) atoms. The molecule has 3 rings (SSSR count). The summed E-state index contributed by atoms with van der Waals surface area (Å²) in [5.41, 5.74) is -0.277. The van der Waals surface area contributed by atoms with Gasteiger partial charge < -0.3 is 10.3 Å². The molecule has 1 atom stereocenters. The maximum Gasteiger partial charge on any atom is 0.327 e. The normalized spacial score (nSPS) is 20.1. The van der Waals surface area contributed by atoms with Crippen molar-refractivity contribution in [3.05, 3.63) is 26.7 Å². The van der Waals surface area contributed by atoms with Gasteiger partial charge >= 0.3 is 5.69 Å². The van der Waals surface area contributed by atoms with Crippen molar-refractivity contribution in [1.29, 1.82) is 0 Å². The molecule has 1 unspecified atom stereocenters. The van der Waals surface area contributed by atoms with Crippen LogP contribution in [0.5, 0.6) is 0 Å². The van der Waals surface area contributed by atoms with Crippen molar-refractivity contribution in [3.8, 4) is 0 Å². The van der Waals surface area contributed by atoms with Gasteiger partial charge in [-0.25, -0.2) is 9.78 Å². The highest BCUT2D eigenvalue weighted by molar-refractivity contribution is 5.68. The third kappa shape index (κ3) is 1.89. The molecule has 1 fully saturated rings. The number of rotatable bonds is 2. The van der Waals surface area contributed by atoms with Crippen LogP contribution >= 0.6 is 0 Å². The molecule has 4 N–H and O–H groups in total. The maximum atomic E-state index is 11.5. The summed E-state index contributed by atoms with van der Waals surface area (Å²) in [5, 5.41) is 3.28. The Morgan fingerprint density at radius 2 is 2.12 bits per heavy atom. The fourth-order valence-electron chi connectivity index (χ4n) is 2.24. The van der Waals surface area contributed by atoms with E-state index in [1.54, 1.807) is 0 Å². The van der Waals surface area contributed by atoms with Gasteiger partial charge in [0, 0.05) is 6.42 Å². The minimum atomic E-state index is -0.525. The summed E-state index contributed by atoms with van der Waals surface area (Å²) in [6, 6.07) is 0. The first kappa shape index (κ1) is 10.3. The first-order chi connectivity index (χ1) is 8.22. The average Bonchev–Trinajstić information content (AvgIpc) is 2.87. The molecule has 0 radical (unpaired) electrons. The quantitative estimate of drug-likeness (QED) is 0.540. The number of aromatic amines is 3. The van der Waals surface area contributed by atoms with Crippen molar-refractivity contribution in [2.45, 2.75) is 12.8 Å². The lowest BCUT2D eigenvalue weighted by atomic mass is 10.1. The number of nitrogens with one attached hydrogen (secondary N) is 4. The lowest BCUT2D eigenvalue weighted by molar-refractivity contribution is 0.565. The largest absolute Gasteiger partial charge is 0.336 e. The molecule has 3 heterocycles.